The Morgan fingerprint density at radius 1 is 1.11 bits per heavy atom. The Morgan fingerprint density at radius 2 is 1.76 bits per heavy atom. The third-order valence-corrected chi connectivity index (χ3v) is 5.31. The highest BCUT2D eigenvalue weighted by Crippen LogP contribution is 2.16. The fraction of sp³-hybridized carbons (Fsp3) is 0.429. The highest BCUT2D eigenvalue weighted by Gasteiger charge is 2.29. The Bertz CT molecular complexity index is 1050. The minimum Gasteiger partial charge on any atom is -0.445 e. The molecular formula is C28H36F2N2O5. The lowest BCUT2D eigenvalue weighted by Gasteiger charge is -2.30. The van der Waals surface area contributed by atoms with Gasteiger partial charge in [0.25, 0.3) is 0 Å². The minimum absolute atomic E-state index is 0.0252. The van der Waals surface area contributed by atoms with Gasteiger partial charge in [-0.05, 0) is 62.4 Å². The molecular weight excluding hydrogens is 482 g/mol. The van der Waals surface area contributed by atoms with Gasteiger partial charge in [0.15, 0.2) is 0 Å². The molecule has 2 aromatic carbocycles. The van der Waals surface area contributed by atoms with E-state index in [4.69, 9.17) is 9.47 Å². The number of amides is 2. The molecule has 7 nitrogen and oxygen atoms in total. The number of halogens is 2. The second kappa shape index (κ2) is 13.7. The van der Waals surface area contributed by atoms with E-state index >= 15 is 0 Å². The van der Waals surface area contributed by atoms with Crippen molar-refractivity contribution < 1.29 is 33.0 Å². The molecule has 0 aliphatic rings. The van der Waals surface area contributed by atoms with Crippen molar-refractivity contribution in [1.82, 2.24) is 10.2 Å². The first-order chi connectivity index (χ1) is 17.4. The molecule has 2 amide bonds. The number of alkyl carbamates (subject to hydrolysis) is 1. The Morgan fingerprint density at radius 3 is 2.35 bits per heavy atom. The zero-order chi connectivity index (χ0) is 27.6. The average Bonchev–Trinajstić information content (AvgIpc) is 2.79. The molecule has 0 saturated carbocycles. The third kappa shape index (κ3) is 10.6. The first kappa shape index (κ1) is 29.8. The van der Waals surface area contributed by atoms with Crippen LogP contribution in [0, 0.1) is 11.6 Å². The van der Waals surface area contributed by atoms with Gasteiger partial charge in [0.1, 0.15) is 23.8 Å². The van der Waals surface area contributed by atoms with E-state index < -0.39 is 41.6 Å². The summed E-state index contributed by atoms with van der Waals surface area (Å²) in [5, 5.41) is 13.7. The van der Waals surface area contributed by atoms with Crippen molar-refractivity contribution in [2.75, 3.05) is 13.2 Å². The van der Waals surface area contributed by atoms with Crippen LogP contribution in [0.15, 0.2) is 55.1 Å². The van der Waals surface area contributed by atoms with Gasteiger partial charge in [-0.3, -0.25) is 0 Å². The smallest absolute Gasteiger partial charge is 0.410 e. The number of carbonyl (C=O) groups is 2. The van der Waals surface area contributed by atoms with Crippen LogP contribution < -0.4 is 5.32 Å². The zero-order valence-electron chi connectivity index (χ0n) is 21.8. The quantitative estimate of drug-likeness (QED) is 0.402. The summed E-state index contributed by atoms with van der Waals surface area (Å²) in [4.78, 5) is 26.6. The van der Waals surface area contributed by atoms with Crippen molar-refractivity contribution in [1.29, 1.82) is 0 Å². The van der Waals surface area contributed by atoms with Gasteiger partial charge in [-0.25, -0.2) is 18.4 Å². The molecule has 1 unspecified atom stereocenters. The predicted molar refractivity (Wildman–Crippen MR) is 137 cm³/mol. The number of nitrogens with zero attached hydrogens (tertiary/aromatic N) is 1. The van der Waals surface area contributed by atoms with E-state index in [1.807, 2.05) is 31.2 Å². The van der Waals surface area contributed by atoms with Gasteiger partial charge in [0.2, 0.25) is 0 Å². The molecule has 0 aromatic heterocycles. The van der Waals surface area contributed by atoms with Crippen LogP contribution in [-0.2, 0) is 28.9 Å². The van der Waals surface area contributed by atoms with E-state index in [1.165, 1.54) is 11.0 Å². The summed E-state index contributed by atoms with van der Waals surface area (Å²) in [5.41, 5.74) is 1.31. The molecule has 0 heterocycles. The molecule has 202 valence electrons. The Balaban J connectivity index is 2.30. The van der Waals surface area contributed by atoms with Crippen LogP contribution in [-0.4, -0.2) is 53.1 Å². The summed E-state index contributed by atoms with van der Waals surface area (Å²) in [6.45, 7) is 10.5. The van der Waals surface area contributed by atoms with Gasteiger partial charge in [-0.2, -0.15) is 0 Å². The van der Waals surface area contributed by atoms with Crippen LogP contribution in [0.25, 0.3) is 0 Å². The first-order valence-corrected chi connectivity index (χ1v) is 12.1. The maximum absolute atomic E-state index is 13.8. The molecule has 2 aromatic rings. The van der Waals surface area contributed by atoms with Crippen molar-refractivity contribution in [2.24, 2.45) is 0 Å². The predicted octanol–water partition coefficient (Wildman–Crippen LogP) is 5.15. The number of rotatable bonds is 11. The monoisotopic (exact) mass is 518 g/mol. The van der Waals surface area contributed by atoms with Gasteiger partial charge >= 0.3 is 12.2 Å². The second-order valence-electron chi connectivity index (χ2n) is 9.72. The largest absolute Gasteiger partial charge is 0.445 e. The number of hydrogen-bond donors (Lipinski definition) is 2. The zero-order valence-corrected chi connectivity index (χ0v) is 21.8. The summed E-state index contributed by atoms with van der Waals surface area (Å²) in [6, 6.07) is 9.58. The molecule has 0 fully saturated rings. The molecule has 37 heavy (non-hydrogen) atoms. The molecule has 2 N–H and O–H groups in total. The Hall–Kier alpha value is -3.46. The number of hydrogen-bond acceptors (Lipinski definition) is 5. The molecule has 0 saturated heterocycles. The number of aliphatic hydroxyl groups excluding tert-OH is 1. The summed E-state index contributed by atoms with van der Waals surface area (Å²) < 4.78 is 38.1. The van der Waals surface area contributed by atoms with Gasteiger partial charge in [0, 0.05) is 12.6 Å². The topological polar surface area (TPSA) is 88.1 Å². The number of nitrogens with one attached hydrogen (secondary N) is 1. The number of aryl methyl sites for hydroxylation is 1. The van der Waals surface area contributed by atoms with Gasteiger partial charge in [-0.15, -0.1) is 0 Å². The van der Waals surface area contributed by atoms with E-state index in [2.05, 4.69) is 11.9 Å². The van der Waals surface area contributed by atoms with Crippen molar-refractivity contribution in [3.63, 3.8) is 0 Å². The minimum atomic E-state index is -1.33. The molecule has 2 rings (SSSR count). The fourth-order valence-electron chi connectivity index (χ4n) is 3.67. The summed E-state index contributed by atoms with van der Waals surface area (Å²) >= 11 is 0. The lowest BCUT2D eigenvalue weighted by molar-refractivity contribution is 0.0344. The molecule has 0 bridgehead atoms. The molecule has 0 radical (unpaired) electrons. The molecule has 0 aliphatic heterocycles. The fourth-order valence-corrected chi connectivity index (χ4v) is 3.67. The second-order valence-corrected chi connectivity index (χ2v) is 9.72. The molecule has 0 spiro atoms. The summed E-state index contributed by atoms with van der Waals surface area (Å²) in [5.74, 6) is -1.57. The van der Waals surface area contributed by atoms with Crippen LogP contribution in [0.5, 0.6) is 0 Å². The van der Waals surface area contributed by atoms with Crippen LogP contribution >= 0.6 is 0 Å². The highest BCUT2D eigenvalue weighted by atomic mass is 19.1. The number of aliphatic hydroxyl groups is 1. The summed E-state index contributed by atoms with van der Waals surface area (Å²) in [6.07, 6.45) is -0.711. The van der Waals surface area contributed by atoms with Crippen molar-refractivity contribution in [3.05, 3.63) is 83.4 Å². The number of benzene rings is 2. The van der Waals surface area contributed by atoms with E-state index in [9.17, 15) is 23.5 Å². The van der Waals surface area contributed by atoms with E-state index in [-0.39, 0.29) is 31.7 Å². The van der Waals surface area contributed by atoms with Gasteiger partial charge < -0.3 is 24.8 Å². The molecule has 2 atom stereocenters. The SMILES string of the molecule is C=CCOC(=O)N(Cc1cccc(CC)c1)C[C@@H](O)C(Cc1cc(F)cc(F)c1)NC(=O)OC(C)(C)C. The van der Waals surface area contributed by atoms with Crippen LogP contribution in [0.2, 0.25) is 0 Å². The molecule has 9 heteroatoms. The maximum atomic E-state index is 13.8. The number of ether oxygens (including phenoxy) is 2. The Labute approximate surface area is 217 Å². The van der Waals surface area contributed by atoms with Crippen LogP contribution in [0.4, 0.5) is 18.4 Å². The molecule has 0 aliphatic carbocycles. The van der Waals surface area contributed by atoms with E-state index in [0.717, 1.165) is 35.7 Å². The van der Waals surface area contributed by atoms with Crippen LogP contribution in [0.1, 0.15) is 44.4 Å². The van der Waals surface area contributed by atoms with E-state index in [1.54, 1.807) is 20.8 Å². The van der Waals surface area contributed by atoms with Gasteiger partial charge in [0.05, 0.1) is 18.7 Å². The van der Waals surface area contributed by atoms with Crippen molar-refractivity contribution in [2.45, 2.75) is 64.8 Å². The van der Waals surface area contributed by atoms with Crippen LogP contribution in [0.3, 0.4) is 0 Å². The Kier molecular flexibility index (Phi) is 11.1. The first-order valence-electron chi connectivity index (χ1n) is 12.1. The normalized spacial score (nSPS) is 12.8. The van der Waals surface area contributed by atoms with E-state index in [0.29, 0.717) is 0 Å². The lowest BCUT2D eigenvalue weighted by Crippen LogP contribution is -2.51. The highest BCUT2D eigenvalue weighted by molar-refractivity contribution is 5.69. The number of carbonyl (C=O) groups excluding carboxylic acids is 2. The summed E-state index contributed by atoms with van der Waals surface area (Å²) in [7, 11) is 0. The average molecular weight is 519 g/mol. The maximum Gasteiger partial charge on any atom is 0.410 e. The third-order valence-electron chi connectivity index (χ3n) is 5.31. The standard InChI is InChI=1S/C28H36F2N2O5/c1-6-11-36-27(35)32(17-20-10-8-9-19(7-2)12-20)18-25(33)24(31-26(34)37-28(3,4)5)15-21-13-22(29)16-23(30)14-21/h6,8-10,12-14,16,24-25,33H,1,7,11,15,17-18H2,2-5H3,(H,31,34)/t24?,25-/m1/s1. The van der Waals surface area contributed by atoms with Crippen molar-refractivity contribution in [3.8, 4) is 0 Å². The lowest BCUT2D eigenvalue weighted by atomic mass is 10.00. The van der Waals surface area contributed by atoms with Gasteiger partial charge in [-0.1, -0.05) is 43.8 Å². The van der Waals surface area contributed by atoms with Crippen molar-refractivity contribution >= 4 is 12.2 Å².